The van der Waals surface area contributed by atoms with Crippen LogP contribution in [0.5, 0.6) is 0 Å². The van der Waals surface area contributed by atoms with Gasteiger partial charge in [-0.05, 0) is 36.6 Å². The summed E-state index contributed by atoms with van der Waals surface area (Å²) in [5.41, 5.74) is 6.82. The van der Waals surface area contributed by atoms with Crippen LogP contribution in [0.2, 0.25) is 5.02 Å². The number of aryl methyl sites for hydroxylation is 1. The van der Waals surface area contributed by atoms with Crippen molar-refractivity contribution in [2.24, 2.45) is 18.2 Å². The summed E-state index contributed by atoms with van der Waals surface area (Å²) in [5.74, 6) is -3.43. The van der Waals surface area contributed by atoms with Crippen molar-refractivity contribution < 1.29 is 13.2 Å². The van der Waals surface area contributed by atoms with Gasteiger partial charge in [0.15, 0.2) is 0 Å². The van der Waals surface area contributed by atoms with Gasteiger partial charge in [-0.1, -0.05) is 17.7 Å². The number of alkyl halides is 2. The highest BCUT2D eigenvalue weighted by Gasteiger charge is 2.70. The number of aromatic amines is 1. The van der Waals surface area contributed by atoms with Crippen molar-refractivity contribution in [2.75, 3.05) is 18.0 Å². The highest BCUT2D eigenvalue weighted by molar-refractivity contribution is 6.31. The summed E-state index contributed by atoms with van der Waals surface area (Å²) >= 11 is 6.37. The molecule has 3 heterocycles. The largest absolute Gasteiger partial charge is 0.380 e. The summed E-state index contributed by atoms with van der Waals surface area (Å²) < 4.78 is 45.2. The molecule has 0 bridgehead atoms. The minimum atomic E-state index is -2.65. The van der Waals surface area contributed by atoms with E-state index in [2.05, 4.69) is 20.1 Å². The Bertz CT molecular complexity index is 1750. The van der Waals surface area contributed by atoms with E-state index >= 15 is 4.39 Å². The number of aromatic nitrogens is 4. The summed E-state index contributed by atoms with van der Waals surface area (Å²) in [6, 6.07) is 6.47. The van der Waals surface area contributed by atoms with Crippen LogP contribution in [-0.2, 0) is 13.6 Å². The van der Waals surface area contributed by atoms with Crippen LogP contribution in [0.25, 0.3) is 38.0 Å². The normalized spacial score (nSPS) is 17.5. The standard InChI is InChI=1S/C27H23ClF3N7O/c1-33-23-20(38-7-5-26(6-8-38)13-27(26,30)31)10-18(28)22(29)21(23)24-17(12-34-37(24)2)14-3-4-15-16(9-14)19(11-32)35-36-25(15)39/h3-4,9-10,12H,5-8,11,13,32H2,2H3,(H,36,39). The molecule has 2 aromatic heterocycles. The van der Waals surface area contributed by atoms with Gasteiger partial charge in [0, 0.05) is 60.7 Å². The fourth-order valence-electron chi connectivity index (χ4n) is 5.76. The zero-order chi connectivity index (χ0) is 27.7. The van der Waals surface area contributed by atoms with E-state index in [1.165, 1.54) is 10.7 Å². The lowest BCUT2D eigenvalue weighted by atomic mass is 9.91. The summed E-state index contributed by atoms with van der Waals surface area (Å²) in [4.78, 5) is 17.8. The Hall–Kier alpha value is -3.88. The molecule has 2 aromatic carbocycles. The van der Waals surface area contributed by atoms with Crippen molar-refractivity contribution in [2.45, 2.75) is 31.7 Å². The van der Waals surface area contributed by atoms with Crippen LogP contribution in [0, 0.1) is 17.8 Å². The predicted octanol–water partition coefficient (Wildman–Crippen LogP) is 5.42. The van der Waals surface area contributed by atoms with Gasteiger partial charge in [-0.25, -0.2) is 23.1 Å². The van der Waals surface area contributed by atoms with Crippen LogP contribution in [0.3, 0.4) is 0 Å². The van der Waals surface area contributed by atoms with Crippen molar-refractivity contribution in [3.8, 4) is 22.4 Å². The zero-order valence-corrected chi connectivity index (χ0v) is 21.6. The number of piperidine rings is 1. The average Bonchev–Trinajstić information content (AvgIpc) is 3.23. The van der Waals surface area contributed by atoms with Gasteiger partial charge in [-0.2, -0.15) is 10.2 Å². The Labute approximate surface area is 226 Å². The molecule has 1 saturated heterocycles. The van der Waals surface area contributed by atoms with Gasteiger partial charge in [-0.3, -0.25) is 9.48 Å². The third-order valence-electron chi connectivity index (χ3n) is 8.10. The molecule has 0 atom stereocenters. The highest BCUT2D eigenvalue weighted by Crippen LogP contribution is 2.66. The Morgan fingerprint density at radius 2 is 1.95 bits per heavy atom. The number of nitrogens with zero attached hydrogens (tertiary/aromatic N) is 5. The molecule has 0 unspecified atom stereocenters. The van der Waals surface area contributed by atoms with Crippen LogP contribution < -0.4 is 16.2 Å². The maximum absolute atomic E-state index is 15.8. The summed E-state index contributed by atoms with van der Waals surface area (Å²) in [6.45, 7) is 8.69. The minimum absolute atomic E-state index is 0.0253. The smallest absolute Gasteiger partial charge is 0.272 e. The number of nitrogens with one attached hydrogen (secondary N) is 1. The molecule has 8 nitrogen and oxygen atoms in total. The van der Waals surface area contributed by atoms with Crippen molar-refractivity contribution in [1.29, 1.82) is 0 Å². The molecule has 1 saturated carbocycles. The monoisotopic (exact) mass is 553 g/mol. The van der Waals surface area contributed by atoms with Crippen LogP contribution >= 0.6 is 11.6 Å². The molecule has 1 spiro atoms. The van der Waals surface area contributed by atoms with Gasteiger partial charge in [-0.15, -0.1) is 0 Å². The number of fused-ring (bicyclic) bond motifs is 1. The third-order valence-corrected chi connectivity index (χ3v) is 8.38. The van der Waals surface area contributed by atoms with E-state index < -0.39 is 17.2 Å². The second-order valence-electron chi connectivity index (χ2n) is 10.2. The van der Waals surface area contributed by atoms with Gasteiger partial charge >= 0.3 is 0 Å². The topological polar surface area (TPSA) is 97.2 Å². The van der Waals surface area contributed by atoms with E-state index in [1.807, 2.05) is 4.90 Å². The number of H-pyrrole nitrogens is 1. The molecule has 0 amide bonds. The first kappa shape index (κ1) is 25.4. The van der Waals surface area contributed by atoms with Crippen molar-refractivity contribution in [3.63, 3.8) is 0 Å². The molecule has 2 fully saturated rings. The number of rotatable bonds is 4. The Morgan fingerprint density at radius 1 is 1.23 bits per heavy atom. The first-order valence-corrected chi connectivity index (χ1v) is 12.7. The zero-order valence-electron chi connectivity index (χ0n) is 20.9. The van der Waals surface area contributed by atoms with Gasteiger partial charge in [0.1, 0.15) is 5.82 Å². The Morgan fingerprint density at radius 3 is 2.59 bits per heavy atom. The van der Waals surface area contributed by atoms with Crippen LogP contribution in [0.15, 0.2) is 35.3 Å². The molecule has 0 radical (unpaired) electrons. The molecule has 200 valence electrons. The second kappa shape index (κ2) is 8.83. The number of benzene rings is 2. The van der Waals surface area contributed by atoms with E-state index in [-0.39, 0.29) is 47.6 Å². The fraction of sp³-hybridized carbons (Fsp3) is 0.333. The minimum Gasteiger partial charge on any atom is -0.380 e. The molecule has 12 heteroatoms. The fourth-order valence-corrected chi connectivity index (χ4v) is 5.96. The van der Waals surface area contributed by atoms with Crippen molar-refractivity contribution in [1.82, 2.24) is 20.0 Å². The number of anilines is 1. The van der Waals surface area contributed by atoms with Gasteiger partial charge in [0.2, 0.25) is 5.69 Å². The Balaban J connectivity index is 1.50. The number of hydrogen-bond acceptors (Lipinski definition) is 5. The van der Waals surface area contributed by atoms with E-state index in [0.29, 0.717) is 52.1 Å². The summed E-state index contributed by atoms with van der Waals surface area (Å²) in [5, 5.41) is 11.6. The lowest BCUT2D eigenvalue weighted by Crippen LogP contribution is -2.36. The summed E-state index contributed by atoms with van der Waals surface area (Å²) in [7, 11) is 1.63. The van der Waals surface area contributed by atoms with Gasteiger partial charge in [0.05, 0.1) is 34.6 Å². The van der Waals surface area contributed by atoms with E-state index in [4.69, 9.17) is 23.9 Å². The van der Waals surface area contributed by atoms with Gasteiger partial charge < -0.3 is 10.6 Å². The lowest BCUT2D eigenvalue weighted by Gasteiger charge is -2.35. The maximum atomic E-state index is 15.8. The van der Waals surface area contributed by atoms with E-state index in [1.54, 1.807) is 31.4 Å². The number of nitrogens with two attached hydrogens (primary N) is 1. The molecule has 1 aliphatic heterocycles. The molecule has 1 aliphatic carbocycles. The van der Waals surface area contributed by atoms with E-state index in [0.717, 1.165) is 0 Å². The predicted molar refractivity (Wildman–Crippen MR) is 143 cm³/mol. The Kier molecular flexibility index (Phi) is 5.75. The van der Waals surface area contributed by atoms with Crippen LogP contribution in [-0.4, -0.2) is 39.0 Å². The average molecular weight is 554 g/mol. The summed E-state index contributed by atoms with van der Waals surface area (Å²) in [6.07, 6.45) is 2.00. The quantitative estimate of drug-likeness (QED) is 0.329. The highest BCUT2D eigenvalue weighted by atomic mass is 35.5. The third kappa shape index (κ3) is 3.81. The number of hydrogen-bond donors (Lipinski definition) is 2. The molecular weight excluding hydrogens is 531 g/mol. The van der Waals surface area contributed by atoms with Gasteiger partial charge in [0.25, 0.3) is 11.5 Å². The molecule has 39 heavy (non-hydrogen) atoms. The van der Waals surface area contributed by atoms with Crippen molar-refractivity contribution >= 4 is 33.7 Å². The molecule has 2 aliphatic rings. The van der Waals surface area contributed by atoms with Crippen LogP contribution in [0.1, 0.15) is 25.0 Å². The first-order chi connectivity index (χ1) is 18.6. The van der Waals surface area contributed by atoms with E-state index in [9.17, 15) is 13.6 Å². The van der Waals surface area contributed by atoms with Crippen LogP contribution in [0.4, 0.5) is 24.5 Å². The molecular formula is C27H23ClF3N7O. The second-order valence-corrected chi connectivity index (χ2v) is 10.6. The molecule has 3 N–H and O–H groups in total. The van der Waals surface area contributed by atoms with Crippen molar-refractivity contribution in [3.05, 3.63) is 68.8 Å². The SMILES string of the molecule is [C-]#[N+]c1c(N2CCC3(CC2)CC3(F)F)cc(Cl)c(F)c1-c1c(-c2ccc3c(=O)[nH]nc(CN)c3c2)cnn1C. The molecule has 4 aromatic rings. The maximum Gasteiger partial charge on any atom is 0.272 e. The first-order valence-electron chi connectivity index (χ1n) is 12.4. The molecule has 6 rings (SSSR count). The number of halogens is 4. The lowest BCUT2D eigenvalue weighted by molar-refractivity contribution is 0.0537.